The van der Waals surface area contributed by atoms with Crippen LogP contribution in [-0.4, -0.2) is 25.7 Å². The molecule has 1 aromatic carbocycles. The second-order valence-electron chi connectivity index (χ2n) is 3.84. The van der Waals surface area contributed by atoms with Crippen molar-refractivity contribution in [3.63, 3.8) is 0 Å². The van der Waals surface area contributed by atoms with E-state index < -0.39 is 0 Å². The quantitative estimate of drug-likeness (QED) is 0.560. The van der Waals surface area contributed by atoms with E-state index in [1.807, 2.05) is 0 Å². The fourth-order valence-electron chi connectivity index (χ4n) is 1.36. The minimum Gasteiger partial charge on any atom is -0.399 e. The predicted octanol–water partition coefficient (Wildman–Crippen LogP) is 1.82. The normalized spacial score (nSPS) is 10.2. The van der Waals surface area contributed by atoms with Gasteiger partial charge >= 0.3 is 0 Å². The smallest absolute Gasteiger partial charge is 0.251 e. The lowest BCUT2D eigenvalue weighted by Crippen LogP contribution is -2.25. The van der Waals surface area contributed by atoms with E-state index in [4.69, 9.17) is 10.5 Å². The molecule has 3 N–H and O–H groups in total. The van der Waals surface area contributed by atoms with Crippen molar-refractivity contribution in [2.45, 2.75) is 19.8 Å². The molecule has 94 valence electrons. The highest BCUT2D eigenvalue weighted by Crippen LogP contribution is 2.04. The number of nitrogens with two attached hydrogens (primary N) is 1. The molecule has 0 saturated heterocycles. The van der Waals surface area contributed by atoms with Crippen LogP contribution in [0.2, 0.25) is 0 Å². The van der Waals surface area contributed by atoms with Crippen molar-refractivity contribution in [2.75, 3.05) is 25.5 Å². The monoisotopic (exact) mass is 236 g/mol. The highest BCUT2D eigenvalue weighted by atomic mass is 16.5. The molecule has 1 aromatic rings. The number of carbonyl (C=O) groups excluding carboxylic acids is 1. The fourth-order valence-corrected chi connectivity index (χ4v) is 1.36. The molecule has 0 bridgehead atoms. The maximum Gasteiger partial charge on any atom is 0.251 e. The van der Waals surface area contributed by atoms with E-state index in [0.717, 1.165) is 19.4 Å². The Bertz CT molecular complexity index is 336. The number of hydrogen-bond donors (Lipinski definition) is 2. The van der Waals surface area contributed by atoms with Gasteiger partial charge in [-0.3, -0.25) is 4.79 Å². The van der Waals surface area contributed by atoms with Crippen molar-refractivity contribution in [2.24, 2.45) is 0 Å². The van der Waals surface area contributed by atoms with E-state index in [1.54, 1.807) is 24.3 Å². The van der Waals surface area contributed by atoms with Crippen molar-refractivity contribution in [3.8, 4) is 0 Å². The number of nitrogens with one attached hydrogen (secondary N) is 1. The van der Waals surface area contributed by atoms with E-state index in [-0.39, 0.29) is 5.91 Å². The molecule has 0 saturated carbocycles. The second kappa shape index (κ2) is 7.68. The fraction of sp³-hybridized carbons (Fsp3) is 0.462. The molecular formula is C13H20N2O2. The average Bonchev–Trinajstić information content (AvgIpc) is 2.34. The van der Waals surface area contributed by atoms with Crippen LogP contribution >= 0.6 is 0 Å². The SMILES string of the molecule is CCCOCCCNC(=O)c1ccc(N)cc1. The Morgan fingerprint density at radius 2 is 2.00 bits per heavy atom. The van der Waals surface area contributed by atoms with Gasteiger partial charge in [-0.1, -0.05) is 6.92 Å². The summed E-state index contributed by atoms with van der Waals surface area (Å²) in [5.74, 6) is -0.0690. The van der Waals surface area contributed by atoms with Gasteiger partial charge in [0.1, 0.15) is 0 Å². The number of amides is 1. The molecule has 0 spiro atoms. The van der Waals surface area contributed by atoms with Crippen molar-refractivity contribution < 1.29 is 9.53 Å². The molecule has 0 atom stereocenters. The molecule has 4 nitrogen and oxygen atoms in total. The molecule has 0 radical (unpaired) electrons. The van der Waals surface area contributed by atoms with E-state index in [0.29, 0.717) is 24.4 Å². The molecule has 4 heteroatoms. The molecule has 1 amide bonds. The minimum absolute atomic E-state index is 0.0690. The minimum atomic E-state index is -0.0690. The summed E-state index contributed by atoms with van der Waals surface area (Å²) in [6.45, 7) is 4.18. The van der Waals surface area contributed by atoms with Crippen molar-refractivity contribution >= 4 is 11.6 Å². The lowest BCUT2D eigenvalue weighted by molar-refractivity contribution is 0.0941. The second-order valence-corrected chi connectivity index (χ2v) is 3.84. The summed E-state index contributed by atoms with van der Waals surface area (Å²) in [5.41, 5.74) is 6.84. The highest BCUT2D eigenvalue weighted by Gasteiger charge is 2.03. The summed E-state index contributed by atoms with van der Waals surface area (Å²) in [7, 11) is 0. The Kier molecular flexibility index (Phi) is 6.10. The van der Waals surface area contributed by atoms with Crippen LogP contribution in [0.5, 0.6) is 0 Å². The number of rotatable bonds is 7. The topological polar surface area (TPSA) is 64.3 Å². The van der Waals surface area contributed by atoms with E-state index >= 15 is 0 Å². The van der Waals surface area contributed by atoms with Gasteiger partial charge in [-0.05, 0) is 37.1 Å². The molecule has 0 aliphatic carbocycles. The van der Waals surface area contributed by atoms with Gasteiger partial charge < -0.3 is 15.8 Å². The average molecular weight is 236 g/mol. The summed E-state index contributed by atoms with van der Waals surface area (Å²) in [5, 5.41) is 2.84. The molecule has 1 rings (SSSR count). The lowest BCUT2D eigenvalue weighted by atomic mass is 10.2. The van der Waals surface area contributed by atoms with Crippen LogP contribution in [0.15, 0.2) is 24.3 Å². The summed E-state index contributed by atoms with van der Waals surface area (Å²) in [6, 6.07) is 6.88. The zero-order valence-corrected chi connectivity index (χ0v) is 10.2. The van der Waals surface area contributed by atoms with Gasteiger partial charge in [0.25, 0.3) is 5.91 Å². The zero-order chi connectivity index (χ0) is 12.5. The summed E-state index contributed by atoms with van der Waals surface area (Å²) in [6.07, 6.45) is 1.86. The molecule has 17 heavy (non-hydrogen) atoms. The summed E-state index contributed by atoms with van der Waals surface area (Å²) < 4.78 is 5.32. The van der Waals surface area contributed by atoms with Gasteiger partial charge in [-0.25, -0.2) is 0 Å². The van der Waals surface area contributed by atoms with Crippen LogP contribution in [0.3, 0.4) is 0 Å². The number of hydrogen-bond acceptors (Lipinski definition) is 3. The van der Waals surface area contributed by atoms with Gasteiger partial charge in [-0.2, -0.15) is 0 Å². The third-order valence-corrected chi connectivity index (χ3v) is 2.27. The van der Waals surface area contributed by atoms with Crippen LogP contribution in [0, 0.1) is 0 Å². The van der Waals surface area contributed by atoms with Crippen LogP contribution in [-0.2, 0) is 4.74 Å². The Hall–Kier alpha value is -1.55. The Labute approximate surface area is 102 Å². The van der Waals surface area contributed by atoms with Crippen LogP contribution in [0.4, 0.5) is 5.69 Å². The standard InChI is InChI=1S/C13H20N2O2/c1-2-9-17-10-3-8-15-13(16)11-4-6-12(14)7-5-11/h4-7H,2-3,8-10,14H2,1H3,(H,15,16). The first-order valence-corrected chi connectivity index (χ1v) is 5.95. The Morgan fingerprint density at radius 3 is 2.65 bits per heavy atom. The van der Waals surface area contributed by atoms with Gasteiger partial charge in [0.2, 0.25) is 0 Å². The zero-order valence-electron chi connectivity index (χ0n) is 10.2. The van der Waals surface area contributed by atoms with E-state index in [2.05, 4.69) is 12.2 Å². The number of nitrogen functional groups attached to an aromatic ring is 1. The first-order valence-electron chi connectivity index (χ1n) is 5.95. The van der Waals surface area contributed by atoms with Gasteiger partial charge in [-0.15, -0.1) is 0 Å². The van der Waals surface area contributed by atoms with Crippen molar-refractivity contribution in [1.82, 2.24) is 5.32 Å². The van der Waals surface area contributed by atoms with Crippen LogP contribution in [0.1, 0.15) is 30.1 Å². The van der Waals surface area contributed by atoms with Gasteiger partial charge in [0.05, 0.1) is 0 Å². The van der Waals surface area contributed by atoms with Gasteiger partial charge in [0, 0.05) is 31.0 Å². The number of carbonyl (C=O) groups is 1. The molecule has 0 aliphatic rings. The molecule has 0 aromatic heterocycles. The van der Waals surface area contributed by atoms with E-state index in [1.165, 1.54) is 0 Å². The lowest BCUT2D eigenvalue weighted by Gasteiger charge is -2.06. The Balaban J connectivity index is 2.19. The van der Waals surface area contributed by atoms with E-state index in [9.17, 15) is 4.79 Å². The van der Waals surface area contributed by atoms with Gasteiger partial charge in [0.15, 0.2) is 0 Å². The van der Waals surface area contributed by atoms with Crippen LogP contribution in [0.25, 0.3) is 0 Å². The summed E-state index contributed by atoms with van der Waals surface area (Å²) >= 11 is 0. The first-order chi connectivity index (χ1) is 8.24. The third kappa shape index (κ3) is 5.36. The maximum atomic E-state index is 11.7. The van der Waals surface area contributed by atoms with Crippen molar-refractivity contribution in [1.29, 1.82) is 0 Å². The number of benzene rings is 1. The molecule has 0 unspecified atom stereocenters. The van der Waals surface area contributed by atoms with Crippen molar-refractivity contribution in [3.05, 3.63) is 29.8 Å². The molecule has 0 fully saturated rings. The Morgan fingerprint density at radius 1 is 1.29 bits per heavy atom. The summed E-state index contributed by atoms with van der Waals surface area (Å²) in [4.78, 5) is 11.7. The third-order valence-electron chi connectivity index (χ3n) is 2.27. The predicted molar refractivity (Wildman–Crippen MR) is 68.9 cm³/mol. The van der Waals surface area contributed by atoms with Crippen LogP contribution < -0.4 is 11.1 Å². The first kappa shape index (κ1) is 13.5. The number of ether oxygens (including phenoxy) is 1. The maximum absolute atomic E-state index is 11.7. The molecular weight excluding hydrogens is 216 g/mol. The number of anilines is 1. The largest absolute Gasteiger partial charge is 0.399 e. The molecule has 0 aliphatic heterocycles. The highest BCUT2D eigenvalue weighted by molar-refractivity contribution is 5.94. The molecule has 0 heterocycles.